The summed E-state index contributed by atoms with van der Waals surface area (Å²) in [6.07, 6.45) is 1.34. The van der Waals surface area contributed by atoms with E-state index in [-0.39, 0.29) is 17.3 Å². The zero-order valence-corrected chi connectivity index (χ0v) is 17.5. The second-order valence-corrected chi connectivity index (χ2v) is 6.49. The minimum Gasteiger partial charge on any atom is -0.493 e. The lowest BCUT2D eigenvalue weighted by Gasteiger charge is -2.12. The Labute approximate surface area is 179 Å². The first kappa shape index (κ1) is 21.7. The molecule has 162 valence electrons. The molecule has 0 aliphatic heterocycles. The van der Waals surface area contributed by atoms with E-state index in [1.807, 2.05) is 25.1 Å². The van der Waals surface area contributed by atoms with Gasteiger partial charge in [0.25, 0.3) is 5.91 Å². The molecule has 2 aromatic carbocycles. The van der Waals surface area contributed by atoms with Gasteiger partial charge in [-0.15, -0.1) is 0 Å². The minimum atomic E-state index is -0.564. The fourth-order valence-corrected chi connectivity index (χ4v) is 2.97. The molecule has 0 aliphatic carbocycles. The molecule has 9 nitrogen and oxygen atoms in total. The summed E-state index contributed by atoms with van der Waals surface area (Å²) in [7, 11) is 2.85. The van der Waals surface area contributed by atoms with Gasteiger partial charge < -0.3 is 25.3 Å². The number of nitrogens with zero attached hydrogens (tertiary/aromatic N) is 2. The predicted molar refractivity (Wildman–Crippen MR) is 115 cm³/mol. The lowest BCUT2D eigenvalue weighted by atomic mass is 10.1. The summed E-state index contributed by atoms with van der Waals surface area (Å²) in [5.74, 6) is 0.632. The number of nitrogen functional groups attached to an aromatic ring is 1. The van der Waals surface area contributed by atoms with Crippen LogP contribution in [-0.4, -0.2) is 42.5 Å². The second-order valence-electron chi connectivity index (χ2n) is 6.49. The molecule has 9 heteroatoms. The van der Waals surface area contributed by atoms with E-state index in [4.69, 9.17) is 15.2 Å². The van der Waals surface area contributed by atoms with Crippen LogP contribution in [0.1, 0.15) is 33.2 Å². The van der Waals surface area contributed by atoms with Crippen LogP contribution in [0.3, 0.4) is 0 Å². The van der Waals surface area contributed by atoms with Crippen molar-refractivity contribution in [2.24, 2.45) is 0 Å². The number of amides is 1. The van der Waals surface area contributed by atoms with Gasteiger partial charge in [-0.3, -0.25) is 4.79 Å². The maximum absolute atomic E-state index is 12.5. The average molecular weight is 424 g/mol. The largest absolute Gasteiger partial charge is 0.493 e. The molecular weight excluding hydrogens is 400 g/mol. The molecule has 0 unspecified atom stereocenters. The number of hydrogen-bond acceptors (Lipinski definition) is 7. The molecule has 0 radical (unpaired) electrons. The highest BCUT2D eigenvalue weighted by Gasteiger charge is 2.16. The van der Waals surface area contributed by atoms with Crippen molar-refractivity contribution in [3.05, 3.63) is 65.4 Å². The number of nitrogens with two attached hydrogens (primary N) is 1. The van der Waals surface area contributed by atoms with Crippen molar-refractivity contribution in [1.29, 1.82) is 0 Å². The van der Waals surface area contributed by atoms with Gasteiger partial charge in [0.1, 0.15) is 11.4 Å². The van der Waals surface area contributed by atoms with Gasteiger partial charge in [0, 0.05) is 12.1 Å². The molecule has 3 aromatic rings. The van der Waals surface area contributed by atoms with E-state index in [0.29, 0.717) is 35.9 Å². The van der Waals surface area contributed by atoms with Crippen molar-refractivity contribution in [2.75, 3.05) is 26.6 Å². The van der Waals surface area contributed by atoms with Crippen molar-refractivity contribution in [3.8, 4) is 17.2 Å². The second kappa shape index (κ2) is 9.66. The van der Waals surface area contributed by atoms with Gasteiger partial charge in [-0.25, -0.2) is 9.48 Å². The Balaban J connectivity index is 1.67. The van der Waals surface area contributed by atoms with Gasteiger partial charge in [-0.2, -0.15) is 5.10 Å². The minimum absolute atomic E-state index is 0.161. The third-order valence-corrected chi connectivity index (χ3v) is 4.57. The summed E-state index contributed by atoms with van der Waals surface area (Å²) in [6.45, 7) is 2.77. The molecule has 3 N–H and O–H groups in total. The molecular formula is C22H24N4O5. The first-order chi connectivity index (χ1) is 15.0. The lowest BCUT2D eigenvalue weighted by molar-refractivity contribution is 0.0601. The number of anilines is 1. The number of hydrogen-bond donors (Lipinski definition) is 2. The van der Waals surface area contributed by atoms with Crippen molar-refractivity contribution in [2.45, 2.75) is 13.5 Å². The van der Waals surface area contributed by atoms with Crippen LogP contribution in [0, 0.1) is 0 Å². The third-order valence-electron chi connectivity index (χ3n) is 4.57. The molecule has 0 saturated heterocycles. The molecule has 0 bridgehead atoms. The maximum Gasteiger partial charge on any atom is 0.343 e. The summed E-state index contributed by atoms with van der Waals surface area (Å²) < 4.78 is 16.9. The highest BCUT2D eigenvalue weighted by molar-refractivity contribution is 5.95. The highest BCUT2D eigenvalue weighted by Crippen LogP contribution is 2.28. The van der Waals surface area contributed by atoms with Gasteiger partial charge >= 0.3 is 5.97 Å². The van der Waals surface area contributed by atoms with Crippen LogP contribution in [-0.2, 0) is 11.3 Å². The Morgan fingerprint density at radius 2 is 1.84 bits per heavy atom. The van der Waals surface area contributed by atoms with Crippen LogP contribution >= 0.6 is 0 Å². The molecule has 1 amide bonds. The monoisotopic (exact) mass is 424 g/mol. The quantitative estimate of drug-likeness (QED) is 0.534. The van der Waals surface area contributed by atoms with Gasteiger partial charge in [-0.05, 0) is 48.9 Å². The van der Waals surface area contributed by atoms with E-state index in [2.05, 4.69) is 15.2 Å². The Bertz CT molecular complexity index is 1080. The number of methoxy groups -OCH3 is 2. The third kappa shape index (κ3) is 4.77. The molecule has 0 aliphatic rings. The Morgan fingerprint density at radius 1 is 1.10 bits per heavy atom. The topological polar surface area (TPSA) is 118 Å². The predicted octanol–water partition coefficient (Wildman–Crippen LogP) is 2.58. The van der Waals surface area contributed by atoms with Crippen LogP contribution in [0.2, 0.25) is 0 Å². The van der Waals surface area contributed by atoms with E-state index >= 15 is 0 Å². The first-order valence-electron chi connectivity index (χ1n) is 9.58. The normalized spacial score (nSPS) is 10.4. The number of aromatic nitrogens is 2. The van der Waals surface area contributed by atoms with Crippen LogP contribution in [0.5, 0.6) is 11.5 Å². The van der Waals surface area contributed by atoms with E-state index in [9.17, 15) is 9.59 Å². The van der Waals surface area contributed by atoms with E-state index in [0.717, 1.165) is 5.56 Å². The van der Waals surface area contributed by atoms with Gasteiger partial charge in [0.15, 0.2) is 11.5 Å². The Hall–Kier alpha value is -4.01. The first-order valence-corrected chi connectivity index (χ1v) is 9.58. The fraction of sp³-hybridized carbons (Fsp3) is 0.227. The Morgan fingerprint density at radius 3 is 2.48 bits per heavy atom. The molecule has 1 heterocycles. The number of esters is 1. The summed E-state index contributed by atoms with van der Waals surface area (Å²) in [5, 5.41) is 6.98. The standard InChI is InChI=1S/C22H24N4O5/c1-4-31-18-10-5-14(11-19(18)29-2)12-24-21(27)15-6-8-16(9-7-15)26-20(23)17(13-25-26)22(28)30-3/h5-11,13H,4,12,23H2,1-3H3,(H,24,27). The summed E-state index contributed by atoms with van der Waals surface area (Å²) >= 11 is 0. The smallest absolute Gasteiger partial charge is 0.343 e. The van der Waals surface area contributed by atoms with E-state index in [1.165, 1.54) is 18.0 Å². The zero-order valence-electron chi connectivity index (χ0n) is 17.5. The summed E-state index contributed by atoms with van der Waals surface area (Å²) in [6, 6.07) is 12.2. The summed E-state index contributed by atoms with van der Waals surface area (Å²) in [4.78, 5) is 24.2. The zero-order chi connectivity index (χ0) is 22.4. The van der Waals surface area contributed by atoms with Gasteiger partial charge in [-0.1, -0.05) is 6.07 Å². The van der Waals surface area contributed by atoms with Crippen molar-refractivity contribution >= 4 is 17.7 Å². The van der Waals surface area contributed by atoms with Crippen LogP contribution in [0.15, 0.2) is 48.7 Å². The molecule has 0 spiro atoms. The summed E-state index contributed by atoms with van der Waals surface area (Å²) in [5.41, 5.74) is 8.12. The number of carbonyl (C=O) groups excluding carboxylic acids is 2. The number of nitrogens with one attached hydrogen (secondary N) is 1. The lowest BCUT2D eigenvalue weighted by Crippen LogP contribution is -2.22. The molecule has 0 fully saturated rings. The van der Waals surface area contributed by atoms with E-state index < -0.39 is 5.97 Å². The number of ether oxygens (including phenoxy) is 3. The molecule has 0 atom stereocenters. The number of rotatable bonds is 8. The number of carbonyl (C=O) groups is 2. The SMILES string of the molecule is CCOc1ccc(CNC(=O)c2ccc(-n3ncc(C(=O)OC)c3N)cc2)cc1OC. The maximum atomic E-state index is 12.5. The molecule has 0 saturated carbocycles. The van der Waals surface area contributed by atoms with Crippen molar-refractivity contribution < 1.29 is 23.8 Å². The highest BCUT2D eigenvalue weighted by atomic mass is 16.5. The Kier molecular flexibility index (Phi) is 6.76. The van der Waals surface area contributed by atoms with E-state index in [1.54, 1.807) is 31.4 Å². The van der Waals surface area contributed by atoms with Crippen molar-refractivity contribution in [3.63, 3.8) is 0 Å². The van der Waals surface area contributed by atoms with Crippen molar-refractivity contribution in [1.82, 2.24) is 15.1 Å². The fourth-order valence-electron chi connectivity index (χ4n) is 2.97. The molecule has 3 rings (SSSR count). The molecule has 31 heavy (non-hydrogen) atoms. The van der Waals surface area contributed by atoms with Gasteiger partial charge in [0.2, 0.25) is 0 Å². The molecule has 1 aromatic heterocycles. The average Bonchev–Trinajstić information content (AvgIpc) is 3.19. The van der Waals surface area contributed by atoms with Gasteiger partial charge in [0.05, 0.1) is 32.7 Å². The number of benzene rings is 2. The van der Waals surface area contributed by atoms with Crippen LogP contribution < -0.4 is 20.5 Å². The van der Waals surface area contributed by atoms with Crippen LogP contribution in [0.4, 0.5) is 5.82 Å². The van der Waals surface area contributed by atoms with Crippen LogP contribution in [0.25, 0.3) is 5.69 Å².